The van der Waals surface area contributed by atoms with E-state index in [4.69, 9.17) is 16.3 Å². The van der Waals surface area contributed by atoms with Crippen LogP contribution in [0.3, 0.4) is 0 Å². The Hall–Kier alpha value is -0.730. The van der Waals surface area contributed by atoms with E-state index >= 15 is 0 Å². The van der Waals surface area contributed by atoms with Crippen LogP contribution >= 0.6 is 11.6 Å². The first-order chi connectivity index (χ1) is 7.70. The lowest BCUT2D eigenvalue weighted by Crippen LogP contribution is -2.11. The highest BCUT2D eigenvalue weighted by Crippen LogP contribution is 2.28. The summed E-state index contributed by atoms with van der Waals surface area (Å²) in [4.78, 5) is 0. The van der Waals surface area contributed by atoms with Crippen LogP contribution in [0.4, 0.5) is 0 Å². The molecule has 1 unspecified atom stereocenters. The molecule has 0 bridgehead atoms. The predicted octanol–water partition coefficient (Wildman–Crippen LogP) is 2.81. The van der Waals surface area contributed by atoms with E-state index < -0.39 is 0 Å². The van der Waals surface area contributed by atoms with Crippen LogP contribution in [0.1, 0.15) is 17.5 Å². The van der Waals surface area contributed by atoms with Gasteiger partial charge in [-0.25, -0.2) is 0 Å². The number of ether oxygens (including phenoxy) is 1. The predicted molar refractivity (Wildman–Crippen MR) is 67.4 cm³/mol. The van der Waals surface area contributed by atoms with Crippen molar-refractivity contribution in [2.75, 3.05) is 20.2 Å². The van der Waals surface area contributed by atoms with Gasteiger partial charge in [-0.2, -0.15) is 0 Å². The average molecular weight is 240 g/mol. The van der Waals surface area contributed by atoms with Crippen LogP contribution in [0.2, 0.25) is 5.02 Å². The fraction of sp³-hybridized carbons (Fsp3) is 0.538. The highest BCUT2D eigenvalue weighted by atomic mass is 35.5. The first-order valence-corrected chi connectivity index (χ1v) is 6.12. The van der Waals surface area contributed by atoms with Crippen molar-refractivity contribution in [3.05, 3.63) is 28.3 Å². The zero-order chi connectivity index (χ0) is 11.5. The Morgan fingerprint density at radius 1 is 1.50 bits per heavy atom. The van der Waals surface area contributed by atoms with Crippen LogP contribution in [0.5, 0.6) is 5.75 Å². The molecule has 0 amide bonds. The van der Waals surface area contributed by atoms with Gasteiger partial charge in [0.1, 0.15) is 5.75 Å². The fourth-order valence-corrected chi connectivity index (χ4v) is 2.47. The second-order valence-electron chi connectivity index (χ2n) is 4.46. The summed E-state index contributed by atoms with van der Waals surface area (Å²) in [6, 6.07) is 3.99. The van der Waals surface area contributed by atoms with E-state index in [0.29, 0.717) is 0 Å². The number of nitrogens with one attached hydrogen (secondary N) is 1. The Morgan fingerprint density at radius 2 is 2.31 bits per heavy atom. The summed E-state index contributed by atoms with van der Waals surface area (Å²) < 4.78 is 5.26. The van der Waals surface area contributed by atoms with Crippen molar-refractivity contribution >= 4 is 11.6 Å². The van der Waals surface area contributed by atoms with Crippen molar-refractivity contribution < 1.29 is 4.74 Å². The minimum absolute atomic E-state index is 0.738. The van der Waals surface area contributed by atoms with Gasteiger partial charge in [0.05, 0.1) is 7.11 Å². The Kier molecular flexibility index (Phi) is 3.72. The number of halogens is 1. The van der Waals surface area contributed by atoms with E-state index in [1.54, 1.807) is 7.11 Å². The Morgan fingerprint density at radius 3 is 2.94 bits per heavy atom. The molecule has 1 atom stereocenters. The molecule has 1 aliphatic rings. The van der Waals surface area contributed by atoms with Gasteiger partial charge in [-0.15, -0.1) is 0 Å². The number of hydrogen-bond donors (Lipinski definition) is 1. The topological polar surface area (TPSA) is 21.3 Å². The zero-order valence-electron chi connectivity index (χ0n) is 9.85. The van der Waals surface area contributed by atoms with Crippen molar-refractivity contribution in [1.29, 1.82) is 0 Å². The maximum absolute atomic E-state index is 6.19. The molecule has 2 rings (SSSR count). The molecule has 1 N–H and O–H groups in total. The second-order valence-corrected chi connectivity index (χ2v) is 4.86. The van der Waals surface area contributed by atoms with Crippen molar-refractivity contribution in [3.63, 3.8) is 0 Å². The Bertz CT molecular complexity index is 372. The van der Waals surface area contributed by atoms with Crippen molar-refractivity contribution in [3.8, 4) is 5.75 Å². The highest BCUT2D eigenvalue weighted by Gasteiger charge is 2.17. The number of hydrogen-bond acceptors (Lipinski definition) is 2. The third-order valence-corrected chi connectivity index (χ3v) is 3.72. The molecule has 1 aliphatic heterocycles. The molecule has 1 fully saturated rings. The second kappa shape index (κ2) is 5.07. The van der Waals surface area contributed by atoms with Gasteiger partial charge in [0.15, 0.2) is 0 Å². The fourth-order valence-electron chi connectivity index (χ4n) is 2.24. The summed E-state index contributed by atoms with van der Waals surface area (Å²) in [6.45, 7) is 4.34. The lowest BCUT2D eigenvalue weighted by Gasteiger charge is -2.13. The maximum Gasteiger partial charge on any atom is 0.120 e. The van der Waals surface area contributed by atoms with Gasteiger partial charge in [-0.3, -0.25) is 0 Å². The quantitative estimate of drug-likeness (QED) is 0.876. The number of benzene rings is 1. The molecule has 0 spiro atoms. The van der Waals surface area contributed by atoms with Gasteiger partial charge in [0.2, 0.25) is 0 Å². The average Bonchev–Trinajstić information content (AvgIpc) is 2.77. The zero-order valence-corrected chi connectivity index (χ0v) is 10.6. The van der Waals surface area contributed by atoms with Crippen LogP contribution in [0.25, 0.3) is 0 Å². The van der Waals surface area contributed by atoms with E-state index in [1.807, 2.05) is 6.07 Å². The molecular weight excluding hydrogens is 222 g/mol. The highest BCUT2D eigenvalue weighted by molar-refractivity contribution is 6.31. The van der Waals surface area contributed by atoms with Crippen LogP contribution in [0.15, 0.2) is 12.1 Å². The minimum atomic E-state index is 0.738. The first-order valence-electron chi connectivity index (χ1n) is 5.74. The van der Waals surface area contributed by atoms with E-state index in [0.717, 1.165) is 36.2 Å². The van der Waals surface area contributed by atoms with Gasteiger partial charge in [-0.1, -0.05) is 11.6 Å². The summed E-state index contributed by atoms with van der Waals surface area (Å²) in [5.41, 5.74) is 2.51. The summed E-state index contributed by atoms with van der Waals surface area (Å²) in [5, 5.41) is 4.20. The molecule has 16 heavy (non-hydrogen) atoms. The molecule has 1 aromatic rings. The van der Waals surface area contributed by atoms with E-state index in [2.05, 4.69) is 18.3 Å². The van der Waals surface area contributed by atoms with Gasteiger partial charge in [0.25, 0.3) is 0 Å². The summed E-state index contributed by atoms with van der Waals surface area (Å²) in [5.74, 6) is 1.60. The molecule has 88 valence electrons. The summed E-state index contributed by atoms with van der Waals surface area (Å²) in [6.07, 6.45) is 2.35. The minimum Gasteiger partial charge on any atom is -0.497 e. The van der Waals surface area contributed by atoms with Gasteiger partial charge in [0, 0.05) is 5.02 Å². The normalized spacial score (nSPS) is 20.1. The third-order valence-electron chi connectivity index (χ3n) is 3.33. The SMILES string of the molecule is COc1cc(Cl)c(C)c(CC2CCNC2)c1. The lowest BCUT2D eigenvalue weighted by molar-refractivity contribution is 0.413. The largest absolute Gasteiger partial charge is 0.497 e. The Balaban J connectivity index is 2.20. The molecule has 0 saturated carbocycles. The summed E-state index contributed by atoms with van der Waals surface area (Å²) >= 11 is 6.19. The first kappa shape index (κ1) is 11.7. The van der Waals surface area contributed by atoms with Crippen molar-refractivity contribution in [1.82, 2.24) is 5.32 Å². The number of rotatable bonds is 3. The molecular formula is C13H18ClNO. The standard InChI is InChI=1S/C13H18ClNO/c1-9-11(5-10-3-4-15-8-10)6-12(16-2)7-13(9)14/h6-7,10,15H,3-5,8H2,1-2H3. The van der Waals surface area contributed by atoms with Gasteiger partial charge < -0.3 is 10.1 Å². The van der Waals surface area contributed by atoms with Crippen LogP contribution < -0.4 is 10.1 Å². The molecule has 0 aliphatic carbocycles. The maximum atomic E-state index is 6.19. The van der Waals surface area contributed by atoms with Gasteiger partial charge in [-0.05, 0) is 62.0 Å². The van der Waals surface area contributed by atoms with Crippen molar-refractivity contribution in [2.45, 2.75) is 19.8 Å². The van der Waals surface area contributed by atoms with Gasteiger partial charge >= 0.3 is 0 Å². The van der Waals surface area contributed by atoms with Crippen molar-refractivity contribution in [2.24, 2.45) is 5.92 Å². The molecule has 1 heterocycles. The molecule has 1 saturated heterocycles. The van der Waals surface area contributed by atoms with E-state index in [9.17, 15) is 0 Å². The van der Waals surface area contributed by atoms with E-state index in [-0.39, 0.29) is 0 Å². The molecule has 2 nitrogen and oxygen atoms in total. The molecule has 0 aromatic heterocycles. The molecule has 1 aromatic carbocycles. The Labute approximate surface area is 102 Å². The summed E-state index contributed by atoms with van der Waals surface area (Å²) in [7, 11) is 1.68. The number of methoxy groups -OCH3 is 1. The van der Waals surface area contributed by atoms with E-state index in [1.165, 1.54) is 17.5 Å². The van der Waals surface area contributed by atoms with Crippen LogP contribution in [0, 0.1) is 12.8 Å². The third kappa shape index (κ3) is 2.50. The van der Waals surface area contributed by atoms with Crippen LogP contribution in [-0.2, 0) is 6.42 Å². The van der Waals surface area contributed by atoms with Crippen LogP contribution in [-0.4, -0.2) is 20.2 Å². The smallest absolute Gasteiger partial charge is 0.120 e. The molecule has 3 heteroatoms. The lowest BCUT2D eigenvalue weighted by atomic mass is 9.95. The molecule has 0 radical (unpaired) electrons. The monoisotopic (exact) mass is 239 g/mol.